The Hall–Kier alpha value is -1.91. The molecule has 1 aromatic carbocycles. The van der Waals surface area contributed by atoms with Gasteiger partial charge in [0.15, 0.2) is 0 Å². The van der Waals surface area contributed by atoms with Crippen molar-refractivity contribution in [3.05, 3.63) is 58.8 Å². The van der Waals surface area contributed by atoms with E-state index in [-0.39, 0.29) is 6.61 Å². The van der Waals surface area contributed by atoms with Gasteiger partial charge < -0.3 is 10.0 Å². The third kappa shape index (κ3) is 2.81. The van der Waals surface area contributed by atoms with Crippen LogP contribution in [0.1, 0.15) is 5.56 Å². The topological polar surface area (TPSA) is 36.4 Å². The molecule has 20 heavy (non-hydrogen) atoms. The number of thiophene rings is 1. The maximum absolute atomic E-state index is 9.27. The number of hydrogen-bond donors (Lipinski definition) is 1. The molecule has 0 aliphatic rings. The van der Waals surface area contributed by atoms with Crippen LogP contribution >= 0.6 is 11.3 Å². The maximum atomic E-state index is 9.27. The zero-order chi connectivity index (χ0) is 13.8. The molecule has 102 valence electrons. The quantitative estimate of drug-likeness (QED) is 0.781. The number of aliphatic hydroxyl groups is 1. The van der Waals surface area contributed by atoms with E-state index in [1.54, 1.807) is 11.3 Å². The zero-order valence-electron chi connectivity index (χ0n) is 11.1. The Labute approximate surface area is 122 Å². The molecule has 0 bridgehead atoms. The minimum atomic E-state index is 0.124. The summed E-state index contributed by atoms with van der Waals surface area (Å²) in [6, 6.07) is 14.3. The molecule has 2 heterocycles. The second-order valence-electron chi connectivity index (χ2n) is 4.64. The summed E-state index contributed by atoms with van der Waals surface area (Å²) in [4.78, 5) is 6.80. The average Bonchev–Trinajstić information content (AvgIpc) is 2.99. The van der Waals surface area contributed by atoms with E-state index >= 15 is 0 Å². The second-order valence-corrected chi connectivity index (χ2v) is 5.42. The van der Waals surface area contributed by atoms with Gasteiger partial charge in [-0.25, -0.2) is 4.98 Å². The van der Waals surface area contributed by atoms with Gasteiger partial charge in [0.25, 0.3) is 0 Å². The summed E-state index contributed by atoms with van der Waals surface area (Å²) in [7, 11) is 0. The van der Waals surface area contributed by atoms with Crippen molar-refractivity contribution in [2.75, 3.05) is 18.1 Å². The number of pyridine rings is 1. The standard InChI is InChI=1S/C16H16N2OS/c19-9-8-18(11-13-7-10-20-12-13)16-6-5-14-3-1-2-4-15(14)17-16/h1-7,10,12,19H,8-9,11H2. The normalized spacial score (nSPS) is 10.8. The van der Waals surface area contributed by atoms with Crippen LogP contribution in [0.3, 0.4) is 0 Å². The molecule has 0 radical (unpaired) electrons. The van der Waals surface area contributed by atoms with Crippen LogP contribution in [-0.4, -0.2) is 23.2 Å². The molecule has 0 fully saturated rings. The van der Waals surface area contributed by atoms with E-state index in [0.29, 0.717) is 6.54 Å². The van der Waals surface area contributed by atoms with Gasteiger partial charge in [-0.15, -0.1) is 0 Å². The Balaban J connectivity index is 1.91. The summed E-state index contributed by atoms with van der Waals surface area (Å²) in [6.07, 6.45) is 0. The van der Waals surface area contributed by atoms with E-state index in [1.165, 1.54) is 5.56 Å². The van der Waals surface area contributed by atoms with Gasteiger partial charge in [0.1, 0.15) is 5.82 Å². The van der Waals surface area contributed by atoms with Gasteiger partial charge in [0.2, 0.25) is 0 Å². The molecule has 0 saturated heterocycles. The number of aromatic nitrogens is 1. The van der Waals surface area contributed by atoms with Gasteiger partial charge in [-0.2, -0.15) is 11.3 Å². The lowest BCUT2D eigenvalue weighted by Gasteiger charge is -2.22. The van der Waals surface area contributed by atoms with Crippen molar-refractivity contribution in [3.8, 4) is 0 Å². The third-order valence-corrected chi connectivity index (χ3v) is 3.96. The Morgan fingerprint density at radius 1 is 1.10 bits per heavy atom. The molecule has 2 aromatic heterocycles. The monoisotopic (exact) mass is 284 g/mol. The number of rotatable bonds is 5. The summed E-state index contributed by atoms with van der Waals surface area (Å²) < 4.78 is 0. The highest BCUT2D eigenvalue weighted by Gasteiger charge is 2.09. The molecule has 3 aromatic rings. The Bertz CT molecular complexity index is 682. The number of para-hydroxylation sites is 1. The fraction of sp³-hybridized carbons (Fsp3) is 0.188. The number of anilines is 1. The number of fused-ring (bicyclic) bond motifs is 1. The summed E-state index contributed by atoms with van der Waals surface area (Å²) in [5, 5.41) is 14.6. The van der Waals surface area contributed by atoms with Crippen molar-refractivity contribution in [1.82, 2.24) is 4.98 Å². The van der Waals surface area contributed by atoms with Crippen LogP contribution < -0.4 is 4.90 Å². The lowest BCUT2D eigenvalue weighted by Crippen LogP contribution is -2.26. The SMILES string of the molecule is OCCN(Cc1ccsc1)c1ccc2ccccc2n1. The fourth-order valence-corrected chi connectivity index (χ4v) is 2.89. The highest BCUT2D eigenvalue weighted by molar-refractivity contribution is 7.07. The largest absolute Gasteiger partial charge is 0.395 e. The Kier molecular flexibility index (Phi) is 3.95. The van der Waals surface area contributed by atoms with Crippen molar-refractivity contribution >= 4 is 28.1 Å². The molecule has 4 heteroatoms. The molecule has 3 rings (SSSR count). The Morgan fingerprint density at radius 3 is 2.80 bits per heavy atom. The van der Waals surface area contributed by atoms with Crippen molar-refractivity contribution in [3.63, 3.8) is 0 Å². The highest BCUT2D eigenvalue weighted by Crippen LogP contribution is 2.20. The van der Waals surface area contributed by atoms with Crippen LogP contribution in [0, 0.1) is 0 Å². The first-order valence-corrected chi connectivity index (χ1v) is 7.54. The highest BCUT2D eigenvalue weighted by atomic mass is 32.1. The number of nitrogens with zero attached hydrogens (tertiary/aromatic N) is 2. The number of aliphatic hydroxyl groups excluding tert-OH is 1. The van der Waals surface area contributed by atoms with Crippen molar-refractivity contribution < 1.29 is 5.11 Å². The number of hydrogen-bond acceptors (Lipinski definition) is 4. The predicted octanol–water partition coefficient (Wildman–Crippen LogP) is 3.30. The minimum absolute atomic E-state index is 0.124. The van der Waals surface area contributed by atoms with E-state index in [1.807, 2.05) is 24.3 Å². The molecule has 3 nitrogen and oxygen atoms in total. The van der Waals surface area contributed by atoms with Crippen molar-refractivity contribution in [1.29, 1.82) is 0 Å². The molecular weight excluding hydrogens is 268 g/mol. The van der Waals surface area contributed by atoms with Crippen LogP contribution in [-0.2, 0) is 6.54 Å². The van der Waals surface area contributed by atoms with E-state index < -0.39 is 0 Å². The van der Waals surface area contributed by atoms with Crippen LogP contribution in [0.4, 0.5) is 5.82 Å². The first kappa shape index (κ1) is 13.1. The van der Waals surface area contributed by atoms with Gasteiger partial charge in [-0.1, -0.05) is 18.2 Å². The van der Waals surface area contributed by atoms with Crippen molar-refractivity contribution in [2.45, 2.75) is 6.54 Å². The lowest BCUT2D eigenvalue weighted by atomic mass is 10.2. The molecule has 0 spiro atoms. The number of benzene rings is 1. The van der Waals surface area contributed by atoms with Gasteiger partial charge in [-0.05, 0) is 40.6 Å². The van der Waals surface area contributed by atoms with E-state index in [9.17, 15) is 5.11 Å². The van der Waals surface area contributed by atoms with E-state index in [4.69, 9.17) is 4.98 Å². The lowest BCUT2D eigenvalue weighted by molar-refractivity contribution is 0.301. The second kappa shape index (κ2) is 6.03. The molecular formula is C16H16N2OS. The van der Waals surface area contributed by atoms with Gasteiger partial charge in [0.05, 0.1) is 12.1 Å². The molecule has 0 atom stereocenters. The average molecular weight is 284 g/mol. The summed E-state index contributed by atoms with van der Waals surface area (Å²) in [6.45, 7) is 1.48. The van der Waals surface area contributed by atoms with Gasteiger partial charge >= 0.3 is 0 Å². The molecule has 1 N–H and O–H groups in total. The minimum Gasteiger partial charge on any atom is -0.395 e. The third-order valence-electron chi connectivity index (χ3n) is 3.23. The smallest absolute Gasteiger partial charge is 0.129 e. The molecule has 0 saturated carbocycles. The van der Waals surface area contributed by atoms with Crippen molar-refractivity contribution in [2.24, 2.45) is 0 Å². The summed E-state index contributed by atoms with van der Waals surface area (Å²) in [5.41, 5.74) is 2.23. The first-order valence-electron chi connectivity index (χ1n) is 6.59. The first-order chi connectivity index (χ1) is 9.86. The summed E-state index contributed by atoms with van der Waals surface area (Å²) >= 11 is 1.69. The van der Waals surface area contributed by atoms with Crippen LogP contribution in [0.2, 0.25) is 0 Å². The van der Waals surface area contributed by atoms with Gasteiger partial charge in [0, 0.05) is 18.5 Å². The van der Waals surface area contributed by atoms with E-state index in [0.717, 1.165) is 23.3 Å². The molecule has 0 aliphatic carbocycles. The molecule has 0 aliphatic heterocycles. The maximum Gasteiger partial charge on any atom is 0.129 e. The van der Waals surface area contributed by atoms with Crippen LogP contribution in [0.5, 0.6) is 0 Å². The summed E-state index contributed by atoms with van der Waals surface area (Å²) in [5.74, 6) is 0.906. The van der Waals surface area contributed by atoms with Crippen LogP contribution in [0.15, 0.2) is 53.2 Å². The van der Waals surface area contributed by atoms with Crippen LogP contribution in [0.25, 0.3) is 10.9 Å². The molecule has 0 amide bonds. The van der Waals surface area contributed by atoms with E-state index in [2.05, 4.69) is 33.9 Å². The fourth-order valence-electron chi connectivity index (χ4n) is 2.23. The Morgan fingerprint density at radius 2 is 2.00 bits per heavy atom. The molecule has 0 unspecified atom stereocenters. The zero-order valence-corrected chi connectivity index (χ0v) is 11.9. The van der Waals surface area contributed by atoms with Gasteiger partial charge in [-0.3, -0.25) is 0 Å². The predicted molar refractivity (Wildman–Crippen MR) is 84.2 cm³/mol.